The highest BCUT2D eigenvalue weighted by Gasteiger charge is 2.31. The van der Waals surface area contributed by atoms with Crippen LogP contribution >= 0.6 is 0 Å². The number of Topliss-reactive ketones (excluding diaryl/α,β-unsaturated/α-hetero) is 2. The van der Waals surface area contributed by atoms with E-state index in [0.717, 1.165) is 18.8 Å². The van der Waals surface area contributed by atoms with Gasteiger partial charge in [0.25, 0.3) is 0 Å². The van der Waals surface area contributed by atoms with E-state index in [-0.39, 0.29) is 17.1 Å². The number of ketones is 2. The Balaban J connectivity index is 2.50. The van der Waals surface area contributed by atoms with Crippen LogP contribution in [0.1, 0.15) is 34.6 Å². The highest BCUT2D eigenvalue weighted by Crippen LogP contribution is 2.29. The van der Waals surface area contributed by atoms with E-state index in [1.54, 1.807) is 12.1 Å². The summed E-state index contributed by atoms with van der Waals surface area (Å²) in [5, 5.41) is 0. The van der Waals surface area contributed by atoms with E-state index < -0.39 is 0 Å². The Hall–Kier alpha value is -1.90. The molecule has 3 nitrogen and oxygen atoms in total. The molecule has 0 unspecified atom stereocenters. The van der Waals surface area contributed by atoms with Crippen molar-refractivity contribution in [2.24, 2.45) is 0 Å². The maximum atomic E-state index is 11.8. The molecule has 0 amide bonds. The lowest BCUT2D eigenvalue weighted by atomic mass is 10.1. The number of anilines is 1. The average Bonchev–Trinajstić information content (AvgIpc) is 2.56. The van der Waals surface area contributed by atoms with Crippen molar-refractivity contribution in [1.29, 1.82) is 0 Å². The second-order valence-corrected chi connectivity index (χ2v) is 4.04. The summed E-state index contributed by atoms with van der Waals surface area (Å²) in [7, 11) is 0. The van der Waals surface area contributed by atoms with Gasteiger partial charge in [0.15, 0.2) is 11.6 Å². The Labute approximate surface area is 101 Å². The minimum Gasteiger partial charge on any atom is -0.372 e. The van der Waals surface area contributed by atoms with E-state index >= 15 is 0 Å². The summed E-state index contributed by atoms with van der Waals surface area (Å²) in [6, 6.07) is 5.40. The number of allylic oxidation sites excluding steroid dienone is 1. The second-order valence-electron chi connectivity index (χ2n) is 4.04. The van der Waals surface area contributed by atoms with Gasteiger partial charge < -0.3 is 4.90 Å². The number of carbonyl (C=O) groups is 2. The first-order valence-corrected chi connectivity index (χ1v) is 5.77. The molecule has 17 heavy (non-hydrogen) atoms. The van der Waals surface area contributed by atoms with Gasteiger partial charge in [-0.05, 0) is 32.0 Å². The van der Waals surface area contributed by atoms with Crippen LogP contribution in [0.15, 0.2) is 30.4 Å². The van der Waals surface area contributed by atoms with Gasteiger partial charge in [0.1, 0.15) is 0 Å². The van der Waals surface area contributed by atoms with Gasteiger partial charge in [-0.15, -0.1) is 0 Å². The number of hydrogen-bond acceptors (Lipinski definition) is 3. The first kappa shape index (κ1) is 11.6. The fourth-order valence-corrected chi connectivity index (χ4v) is 2.13. The van der Waals surface area contributed by atoms with Crippen LogP contribution in [0.4, 0.5) is 5.69 Å². The molecule has 0 bridgehead atoms. The molecular formula is C14H15NO2. The Morgan fingerprint density at radius 3 is 2.24 bits per heavy atom. The minimum absolute atomic E-state index is 0.0803. The first-order chi connectivity index (χ1) is 8.10. The van der Waals surface area contributed by atoms with Crippen molar-refractivity contribution in [2.45, 2.75) is 13.8 Å². The smallest absolute Gasteiger partial charge is 0.197 e. The third-order valence-electron chi connectivity index (χ3n) is 3.17. The lowest BCUT2D eigenvalue weighted by molar-refractivity contribution is 0.0989. The standard InChI is InChI=1S/C14H15NO2/c1-4-15(5-2)10-6-7-11-12(8-10)14(17)9(3)13(11)16/h6-8H,3-5H2,1-2H3. The van der Waals surface area contributed by atoms with Crippen molar-refractivity contribution in [3.63, 3.8) is 0 Å². The molecule has 0 aliphatic heterocycles. The zero-order chi connectivity index (χ0) is 12.6. The summed E-state index contributed by atoms with van der Waals surface area (Å²) in [4.78, 5) is 25.7. The third kappa shape index (κ3) is 1.68. The molecule has 1 aromatic carbocycles. The number of carbonyl (C=O) groups excluding carboxylic acids is 2. The third-order valence-corrected chi connectivity index (χ3v) is 3.17. The number of benzene rings is 1. The molecule has 1 aliphatic rings. The van der Waals surface area contributed by atoms with Crippen molar-refractivity contribution >= 4 is 17.3 Å². The van der Waals surface area contributed by atoms with E-state index in [9.17, 15) is 9.59 Å². The minimum atomic E-state index is -0.240. The molecule has 0 saturated heterocycles. The van der Waals surface area contributed by atoms with E-state index in [1.807, 2.05) is 6.07 Å². The number of rotatable bonds is 3. The van der Waals surface area contributed by atoms with Crippen LogP contribution in [0.3, 0.4) is 0 Å². The molecule has 0 radical (unpaired) electrons. The van der Waals surface area contributed by atoms with Crippen LogP contribution in [0.25, 0.3) is 0 Å². The van der Waals surface area contributed by atoms with Gasteiger partial charge >= 0.3 is 0 Å². The molecule has 0 atom stereocenters. The zero-order valence-electron chi connectivity index (χ0n) is 10.1. The molecule has 2 rings (SSSR count). The average molecular weight is 229 g/mol. The van der Waals surface area contributed by atoms with E-state index in [4.69, 9.17) is 0 Å². The van der Waals surface area contributed by atoms with Gasteiger partial charge in [-0.3, -0.25) is 9.59 Å². The molecule has 0 saturated carbocycles. The van der Waals surface area contributed by atoms with Crippen LogP contribution in [-0.4, -0.2) is 24.7 Å². The Bertz CT molecular complexity index is 513. The molecule has 1 aliphatic carbocycles. The predicted molar refractivity (Wildman–Crippen MR) is 67.8 cm³/mol. The summed E-state index contributed by atoms with van der Waals surface area (Å²) in [5.74, 6) is -0.477. The normalized spacial score (nSPS) is 14.1. The van der Waals surface area contributed by atoms with Crippen molar-refractivity contribution in [1.82, 2.24) is 0 Å². The van der Waals surface area contributed by atoms with Gasteiger partial charge in [0.05, 0.1) is 5.57 Å². The van der Waals surface area contributed by atoms with Gasteiger partial charge in [0, 0.05) is 29.9 Å². The van der Waals surface area contributed by atoms with Gasteiger partial charge in [-0.1, -0.05) is 6.58 Å². The largest absolute Gasteiger partial charge is 0.372 e. The maximum Gasteiger partial charge on any atom is 0.197 e. The van der Waals surface area contributed by atoms with Crippen molar-refractivity contribution in [2.75, 3.05) is 18.0 Å². The van der Waals surface area contributed by atoms with Crippen LogP contribution in [0.2, 0.25) is 0 Å². The summed E-state index contributed by atoms with van der Waals surface area (Å²) >= 11 is 0. The Morgan fingerprint density at radius 2 is 1.65 bits per heavy atom. The summed E-state index contributed by atoms with van der Waals surface area (Å²) in [5.41, 5.74) is 2.03. The van der Waals surface area contributed by atoms with E-state index in [0.29, 0.717) is 11.1 Å². The van der Waals surface area contributed by atoms with E-state index in [1.165, 1.54) is 0 Å². The zero-order valence-corrected chi connectivity index (χ0v) is 10.1. The molecular weight excluding hydrogens is 214 g/mol. The van der Waals surface area contributed by atoms with Gasteiger partial charge in [-0.2, -0.15) is 0 Å². The van der Waals surface area contributed by atoms with Crippen LogP contribution in [-0.2, 0) is 0 Å². The van der Waals surface area contributed by atoms with Crippen LogP contribution in [0, 0.1) is 0 Å². The van der Waals surface area contributed by atoms with Crippen LogP contribution < -0.4 is 4.90 Å². The number of fused-ring (bicyclic) bond motifs is 1. The number of hydrogen-bond donors (Lipinski definition) is 0. The molecule has 0 fully saturated rings. The molecule has 1 aromatic rings. The van der Waals surface area contributed by atoms with Crippen molar-refractivity contribution < 1.29 is 9.59 Å². The summed E-state index contributed by atoms with van der Waals surface area (Å²) in [6.07, 6.45) is 0. The highest BCUT2D eigenvalue weighted by molar-refractivity contribution is 6.39. The molecule has 0 aromatic heterocycles. The Morgan fingerprint density at radius 1 is 1.06 bits per heavy atom. The topological polar surface area (TPSA) is 37.4 Å². The first-order valence-electron chi connectivity index (χ1n) is 5.77. The van der Waals surface area contributed by atoms with Crippen molar-refractivity contribution in [3.8, 4) is 0 Å². The quantitative estimate of drug-likeness (QED) is 0.590. The molecule has 0 heterocycles. The Kier molecular flexibility index (Phi) is 2.84. The maximum absolute atomic E-state index is 11.8. The van der Waals surface area contributed by atoms with Crippen molar-refractivity contribution in [3.05, 3.63) is 41.5 Å². The SMILES string of the molecule is C=C1C(=O)c2ccc(N(CC)CC)cc2C1=O. The summed E-state index contributed by atoms with van der Waals surface area (Å²) < 4.78 is 0. The summed E-state index contributed by atoms with van der Waals surface area (Å²) in [6.45, 7) is 9.40. The van der Waals surface area contributed by atoms with Crippen LogP contribution in [0.5, 0.6) is 0 Å². The lowest BCUT2D eigenvalue weighted by Crippen LogP contribution is -2.22. The second kappa shape index (κ2) is 4.17. The molecule has 0 N–H and O–H groups in total. The highest BCUT2D eigenvalue weighted by atomic mass is 16.2. The van der Waals surface area contributed by atoms with Gasteiger partial charge in [-0.25, -0.2) is 0 Å². The fraction of sp³-hybridized carbons (Fsp3) is 0.286. The van der Waals surface area contributed by atoms with Gasteiger partial charge in [0.2, 0.25) is 0 Å². The predicted octanol–water partition coefficient (Wildman–Crippen LogP) is 2.47. The fourth-order valence-electron chi connectivity index (χ4n) is 2.13. The lowest BCUT2D eigenvalue weighted by Gasteiger charge is -2.21. The molecule has 3 heteroatoms. The monoisotopic (exact) mass is 229 g/mol. The molecule has 0 spiro atoms. The molecule has 88 valence electrons. The van der Waals surface area contributed by atoms with E-state index in [2.05, 4.69) is 25.3 Å². The number of nitrogens with zero attached hydrogens (tertiary/aromatic N) is 1.